The molecule has 0 bridgehead atoms. The van der Waals surface area contributed by atoms with Gasteiger partial charge in [-0.25, -0.2) is 0 Å². The van der Waals surface area contributed by atoms with Gasteiger partial charge in [0.1, 0.15) is 0 Å². The molecular weight excluding hydrogens is 204 g/mol. The van der Waals surface area contributed by atoms with Gasteiger partial charge in [-0.1, -0.05) is 6.92 Å². The van der Waals surface area contributed by atoms with Gasteiger partial charge < -0.3 is 10.6 Å². The number of hydrogen-bond acceptors (Lipinski definition) is 3. The highest BCUT2D eigenvalue weighted by molar-refractivity contribution is 5.94. The van der Waals surface area contributed by atoms with Crippen LogP contribution >= 0.6 is 0 Å². The van der Waals surface area contributed by atoms with Gasteiger partial charge in [0.05, 0.1) is 0 Å². The van der Waals surface area contributed by atoms with Crippen molar-refractivity contribution in [3.05, 3.63) is 12.3 Å². The number of piperidine rings is 1. The number of amides is 1. The zero-order valence-electron chi connectivity index (χ0n) is 9.79. The number of hydrogen-bond donors (Lipinski definition) is 2. The van der Waals surface area contributed by atoms with Gasteiger partial charge in [-0.2, -0.15) is 5.10 Å². The van der Waals surface area contributed by atoms with Crippen LogP contribution in [-0.2, 0) is 11.8 Å². The first-order valence-corrected chi connectivity index (χ1v) is 5.62. The topological polar surface area (TPSA) is 59.0 Å². The Bertz CT molecular complexity index is 379. The van der Waals surface area contributed by atoms with Crippen LogP contribution in [0.4, 0.5) is 5.82 Å². The van der Waals surface area contributed by atoms with E-state index in [1.54, 1.807) is 4.68 Å². The highest BCUT2D eigenvalue weighted by Gasteiger charge is 2.34. The number of aromatic nitrogens is 2. The van der Waals surface area contributed by atoms with Crippen molar-refractivity contribution in [2.75, 3.05) is 18.4 Å². The molecule has 5 heteroatoms. The van der Waals surface area contributed by atoms with Crippen LogP contribution in [0.15, 0.2) is 12.3 Å². The van der Waals surface area contributed by atoms with Gasteiger partial charge in [0.15, 0.2) is 5.82 Å². The summed E-state index contributed by atoms with van der Waals surface area (Å²) in [5, 5.41) is 10.3. The molecule has 1 saturated heterocycles. The van der Waals surface area contributed by atoms with E-state index in [0.717, 1.165) is 25.9 Å². The Morgan fingerprint density at radius 3 is 2.81 bits per heavy atom. The van der Waals surface area contributed by atoms with Crippen LogP contribution in [0, 0.1) is 5.41 Å². The van der Waals surface area contributed by atoms with Crippen LogP contribution in [0.1, 0.15) is 19.8 Å². The fraction of sp³-hybridized carbons (Fsp3) is 0.636. The van der Waals surface area contributed by atoms with Gasteiger partial charge in [-0.3, -0.25) is 9.48 Å². The zero-order valence-corrected chi connectivity index (χ0v) is 9.79. The number of anilines is 1. The Morgan fingerprint density at radius 2 is 2.25 bits per heavy atom. The molecule has 0 aromatic carbocycles. The molecule has 1 aliphatic heterocycles. The quantitative estimate of drug-likeness (QED) is 0.776. The second kappa shape index (κ2) is 4.25. The summed E-state index contributed by atoms with van der Waals surface area (Å²) in [6.07, 6.45) is 3.58. The molecule has 1 fully saturated rings. The van der Waals surface area contributed by atoms with E-state index in [2.05, 4.69) is 15.7 Å². The summed E-state index contributed by atoms with van der Waals surface area (Å²) >= 11 is 0. The third-order valence-corrected chi connectivity index (χ3v) is 3.21. The molecule has 1 amide bonds. The average molecular weight is 222 g/mol. The molecule has 1 aromatic rings. The maximum Gasteiger partial charge on any atom is 0.231 e. The Kier molecular flexibility index (Phi) is 2.96. The largest absolute Gasteiger partial charge is 0.317 e. The molecular formula is C11H18N4O. The predicted octanol–water partition coefficient (Wildman–Crippen LogP) is 0.748. The van der Waals surface area contributed by atoms with Crippen molar-refractivity contribution < 1.29 is 4.79 Å². The maximum atomic E-state index is 12.1. The van der Waals surface area contributed by atoms with E-state index in [9.17, 15) is 4.79 Å². The van der Waals surface area contributed by atoms with E-state index >= 15 is 0 Å². The van der Waals surface area contributed by atoms with Crippen molar-refractivity contribution in [1.29, 1.82) is 0 Å². The third kappa shape index (κ3) is 2.24. The Balaban J connectivity index is 2.01. The number of rotatable bonds is 2. The molecule has 0 radical (unpaired) electrons. The first-order valence-electron chi connectivity index (χ1n) is 5.62. The molecule has 16 heavy (non-hydrogen) atoms. The van der Waals surface area contributed by atoms with E-state index in [-0.39, 0.29) is 11.3 Å². The lowest BCUT2D eigenvalue weighted by molar-refractivity contribution is -0.126. The van der Waals surface area contributed by atoms with E-state index in [1.165, 1.54) is 0 Å². The minimum absolute atomic E-state index is 0.0766. The lowest BCUT2D eigenvalue weighted by atomic mass is 9.80. The molecule has 0 atom stereocenters. The van der Waals surface area contributed by atoms with E-state index in [4.69, 9.17) is 0 Å². The minimum Gasteiger partial charge on any atom is -0.317 e. The molecule has 2 N–H and O–H groups in total. The summed E-state index contributed by atoms with van der Waals surface area (Å²) in [5.41, 5.74) is -0.261. The summed E-state index contributed by atoms with van der Waals surface area (Å²) in [7, 11) is 1.84. The molecule has 5 nitrogen and oxygen atoms in total. The molecule has 0 aliphatic carbocycles. The second-order valence-corrected chi connectivity index (χ2v) is 4.64. The van der Waals surface area contributed by atoms with Gasteiger partial charge in [0, 0.05) is 24.7 Å². The number of carbonyl (C=O) groups excluding carboxylic acids is 1. The smallest absolute Gasteiger partial charge is 0.231 e. The number of nitrogens with zero attached hydrogens (tertiary/aromatic N) is 2. The minimum atomic E-state index is -0.261. The van der Waals surface area contributed by atoms with Gasteiger partial charge in [0.25, 0.3) is 0 Å². The molecule has 0 spiro atoms. The molecule has 0 unspecified atom stereocenters. The Hall–Kier alpha value is -1.36. The molecule has 0 saturated carbocycles. The number of carbonyl (C=O) groups is 1. The van der Waals surface area contributed by atoms with Crippen molar-refractivity contribution in [1.82, 2.24) is 15.1 Å². The maximum absolute atomic E-state index is 12.1. The standard InChI is InChI=1S/C11H18N4O/c1-11(4-6-12-7-5-11)10(16)13-9-3-8-15(2)14-9/h3,8,12H,4-7H2,1-2H3,(H,13,14,16). The van der Waals surface area contributed by atoms with Gasteiger partial charge >= 0.3 is 0 Å². The van der Waals surface area contributed by atoms with E-state index in [0.29, 0.717) is 5.82 Å². The first-order chi connectivity index (χ1) is 7.60. The fourth-order valence-corrected chi connectivity index (χ4v) is 1.95. The van der Waals surface area contributed by atoms with Crippen LogP contribution in [0.3, 0.4) is 0 Å². The number of aryl methyl sites for hydroxylation is 1. The lowest BCUT2D eigenvalue weighted by Crippen LogP contribution is -2.42. The lowest BCUT2D eigenvalue weighted by Gasteiger charge is -2.32. The summed E-state index contributed by atoms with van der Waals surface area (Å²) in [4.78, 5) is 12.1. The monoisotopic (exact) mass is 222 g/mol. The van der Waals surface area contributed by atoms with Crippen molar-refractivity contribution in [2.24, 2.45) is 12.5 Å². The van der Waals surface area contributed by atoms with Crippen LogP contribution < -0.4 is 10.6 Å². The fourth-order valence-electron chi connectivity index (χ4n) is 1.95. The molecule has 2 rings (SSSR count). The highest BCUT2D eigenvalue weighted by Crippen LogP contribution is 2.29. The summed E-state index contributed by atoms with van der Waals surface area (Å²) in [5.74, 6) is 0.708. The van der Waals surface area contributed by atoms with Crippen molar-refractivity contribution in [2.45, 2.75) is 19.8 Å². The normalized spacial score (nSPS) is 19.4. The zero-order chi connectivity index (χ0) is 11.6. The summed E-state index contributed by atoms with van der Waals surface area (Å²) in [6, 6.07) is 1.81. The third-order valence-electron chi connectivity index (χ3n) is 3.21. The Morgan fingerprint density at radius 1 is 1.56 bits per heavy atom. The first kappa shape index (κ1) is 11.1. The van der Waals surface area contributed by atoms with Crippen molar-refractivity contribution in [3.63, 3.8) is 0 Å². The summed E-state index contributed by atoms with van der Waals surface area (Å²) in [6.45, 7) is 3.84. The van der Waals surface area contributed by atoms with Gasteiger partial charge in [-0.05, 0) is 25.9 Å². The van der Waals surface area contributed by atoms with E-state index in [1.807, 2.05) is 26.2 Å². The predicted molar refractivity (Wildman–Crippen MR) is 62.0 cm³/mol. The van der Waals surface area contributed by atoms with Crippen LogP contribution in [-0.4, -0.2) is 28.8 Å². The Labute approximate surface area is 95.2 Å². The van der Waals surface area contributed by atoms with Crippen LogP contribution in [0.25, 0.3) is 0 Å². The SMILES string of the molecule is Cn1ccc(NC(=O)C2(C)CCNCC2)n1. The summed E-state index contributed by atoms with van der Waals surface area (Å²) < 4.78 is 1.68. The van der Waals surface area contributed by atoms with Gasteiger partial charge in [-0.15, -0.1) is 0 Å². The average Bonchev–Trinajstić information content (AvgIpc) is 2.65. The molecule has 1 aliphatic rings. The van der Waals surface area contributed by atoms with E-state index < -0.39 is 0 Å². The second-order valence-electron chi connectivity index (χ2n) is 4.64. The number of nitrogens with one attached hydrogen (secondary N) is 2. The van der Waals surface area contributed by atoms with Crippen LogP contribution in [0.5, 0.6) is 0 Å². The highest BCUT2D eigenvalue weighted by atomic mass is 16.2. The van der Waals surface area contributed by atoms with Crippen molar-refractivity contribution in [3.8, 4) is 0 Å². The molecule has 1 aromatic heterocycles. The molecule has 88 valence electrons. The van der Waals surface area contributed by atoms with Gasteiger partial charge in [0.2, 0.25) is 5.91 Å². The van der Waals surface area contributed by atoms with Crippen LogP contribution in [0.2, 0.25) is 0 Å². The van der Waals surface area contributed by atoms with Crippen molar-refractivity contribution >= 4 is 11.7 Å². The molecule has 2 heterocycles.